The molecule has 102 valence electrons. The summed E-state index contributed by atoms with van der Waals surface area (Å²) >= 11 is 0. The Labute approximate surface area is 117 Å². The van der Waals surface area contributed by atoms with Crippen LogP contribution < -0.4 is 0 Å². The van der Waals surface area contributed by atoms with Crippen LogP contribution in [0.1, 0.15) is 11.4 Å². The Morgan fingerprint density at radius 1 is 0.900 bits per heavy atom. The average Bonchev–Trinajstić information content (AvgIpc) is 2.49. The minimum absolute atomic E-state index is 0.302. The molecule has 0 aliphatic rings. The van der Waals surface area contributed by atoms with Crippen molar-refractivity contribution in [2.75, 3.05) is 13.1 Å². The Morgan fingerprint density at radius 2 is 1.40 bits per heavy atom. The van der Waals surface area contributed by atoms with Crippen molar-refractivity contribution in [2.45, 2.75) is 6.10 Å². The molecule has 0 amide bonds. The third kappa shape index (κ3) is 5.07. The van der Waals surface area contributed by atoms with Gasteiger partial charge >= 0.3 is 0 Å². The molecule has 5 heteroatoms. The second-order valence-electron chi connectivity index (χ2n) is 4.15. The molecular formula is C15H16N4O. The maximum Gasteiger partial charge on any atom is 0.0929 e. The van der Waals surface area contributed by atoms with Gasteiger partial charge in [0, 0.05) is 24.8 Å². The van der Waals surface area contributed by atoms with E-state index >= 15 is 0 Å². The van der Waals surface area contributed by atoms with Crippen molar-refractivity contribution in [1.82, 2.24) is 9.97 Å². The molecule has 1 N–H and O–H groups in total. The molecule has 2 aromatic rings. The quantitative estimate of drug-likeness (QED) is 0.804. The fraction of sp³-hybridized carbons (Fsp3) is 0.200. The van der Waals surface area contributed by atoms with Crippen LogP contribution in [0.25, 0.3) is 0 Å². The summed E-state index contributed by atoms with van der Waals surface area (Å²) in [6.07, 6.45) is 6.09. The van der Waals surface area contributed by atoms with Gasteiger partial charge in [0.1, 0.15) is 0 Å². The van der Waals surface area contributed by atoms with Crippen molar-refractivity contribution >= 4 is 12.4 Å². The Bertz CT molecular complexity index is 503. The van der Waals surface area contributed by atoms with Crippen LogP contribution >= 0.6 is 0 Å². The Kier molecular flexibility index (Phi) is 5.54. The molecule has 20 heavy (non-hydrogen) atoms. The molecule has 0 aliphatic heterocycles. The normalized spacial score (nSPS) is 13.1. The maximum atomic E-state index is 9.74. The van der Waals surface area contributed by atoms with E-state index in [9.17, 15) is 5.11 Å². The summed E-state index contributed by atoms with van der Waals surface area (Å²) in [6.45, 7) is 0.603. The van der Waals surface area contributed by atoms with E-state index in [0.717, 1.165) is 11.4 Å². The lowest BCUT2D eigenvalue weighted by molar-refractivity contribution is 0.193. The Balaban J connectivity index is 1.74. The summed E-state index contributed by atoms with van der Waals surface area (Å²) in [5.41, 5.74) is 1.55. The van der Waals surface area contributed by atoms with Crippen LogP contribution in [-0.4, -0.2) is 46.7 Å². The third-order valence-corrected chi connectivity index (χ3v) is 2.45. The van der Waals surface area contributed by atoms with Crippen molar-refractivity contribution in [3.05, 3.63) is 60.2 Å². The number of aromatic nitrogens is 2. The van der Waals surface area contributed by atoms with E-state index in [-0.39, 0.29) is 0 Å². The monoisotopic (exact) mass is 268 g/mol. The molecule has 0 bridgehead atoms. The van der Waals surface area contributed by atoms with E-state index in [4.69, 9.17) is 0 Å². The molecule has 2 heterocycles. The van der Waals surface area contributed by atoms with Crippen LogP contribution in [0.15, 0.2) is 58.8 Å². The van der Waals surface area contributed by atoms with Gasteiger partial charge in [0.25, 0.3) is 0 Å². The first-order valence-electron chi connectivity index (χ1n) is 6.34. The van der Waals surface area contributed by atoms with Crippen LogP contribution in [0.5, 0.6) is 0 Å². The maximum absolute atomic E-state index is 9.74. The molecule has 0 unspecified atom stereocenters. The zero-order valence-electron chi connectivity index (χ0n) is 11.0. The second kappa shape index (κ2) is 7.91. The lowest BCUT2D eigenvalue weighted by Gasteiger charge is -2.02. The highest BCUT2D eigenvalue weighted by atomic mass is 16.3. The highest BCUT2D eigenvalue weighted by Crippen LogP contribution is 1.92. The van der Waals surface area contributed by atoms with Crippen LogP contribution in [0.4, 0.5) is 0 Å². The fourth-order valence-corrected chi connectivity index (χ4v) is 1.50. The van der Waals surface area contributed by atoms with Gasteiger partial charge in [-0.3, -0.25) is 20.0 Å². The van der Waals surface area contributed by atoms with Crippen LogP contribution in [0, 0.1) is 0 Å². The summed E-state index contributed by atoms with van der Waals surface area (Å²) in [6, 6.07) is 11.2. The number of hydrogen-bond acceptors (Lipinski definition) is 5. The predicted molar refractivity (Wildman–Crippen MR) is 79.4 cm³/mol. The molecule has 0 aromatic carbocycles. The highest BCUT2D eigenvalue weighted by molar-refractivity contribution is 5.77. The van der Waals surface area contributed by atoms with Crippen molar-refractivity contribution in [2.24, 2.45) is 9.98 Å². The van der Waals surface area contributed by atoms with Gasteiger partial charge in [-0.05, 0) is 24.3 Å². The largest absolute Gasteiger partial charge is 0.389 e. The highest BCUT2D eigenvalue weighted by Gasteiger charge is 1.99. The van der Waals surface area contributed by atoms with E-state index in [2.05, 4.69) is 20.0 Å². The molecule has 0 fully saturated rings. The second-order valence-corrected chi connectivity index (χ2v) is 4.15. The minimum atomic E-state index is -0.602. The van der Waals surface area contributed by atoms with Crippen molar-refractivity contribution in [3.8, 4) is 0 Å². The van der Waals surface area contributed by atoms with Gasteiger partial charge in [0.15, 0.2) is 0 Å². The lowest BCUT2D eigenvalue weighted by Crippen LogP contribution is -2.15. The van der Waals surface area contributed by atoms with E-state index in [1.807, 2.05) is 36.4 Å². The standard InChI is InChI=1S/C15H16N4O/c20-15(11-16-9-13-5-1-3-7-18-13)12-17-10-14-6-2-4-8-19-14/h1-10,15,20H,11-12H2. The molecule has 2 rings (SSSR count). The van der Waals surface area contributed by atoms with E-state index in [1.165, 1.54) is 0 Å². The van der Waals surface area contributed by atoms with Crippen LogP contribution in [0.2, 0.25) is 0 Å². The fourth-order valence-electron chi connectivity index (χ4n) is 1.50. The van der Waals surface area contributed by atoms with Crippen molar-refractivity contribution in [1.29, 1.82) is 0 Å². The number of nitrogens with zero attached hydrogens (tertiary/aromatic N) is 4. The summed E-state index contributed by atoms with van der Waals surface area (Å²) in [4.78, 5) is 16.5. The average molecular weight is 268 g/mol. The first-order valence-corrected chi connectivity index (χ1v) is 6.34. The molecule has 5 nitrogen and oxygen atoms in total. The molecular weight excluding hydrogens is 252 g/mol. The van der Waals surface area contributed by atoms with Gasteiger partial charge in [-0.1, -0.05) is 12.1 Å². The van der Waals surface area contributed by atoms with Crippen molar-refractivity contribution in [3.63, 3.8) is 0 Å². The van der Waals surface area contributed by atoms with Crippen LogP contribution in [0.3, 0.4) is 0 Å². The number of rotatable bonds is 6. The predicted octanol–water partition coefficient (Wildman–Crippen LogP) is 1.38. The van der Waals surface area contributed by atoms with Gasteiger partial charge in [-0.25, -0.2) is 0 Å². The van der Waals surface area contributed by atoms with Crippen LogP contribution in [-0.2, 0) is 0 Å². The number of aliphatic hydroxyl groups excluding tert-OH is 1. The SMILES string of the molecule is OC(CN=Cc1ccccn1)CN=Cc1ccccn1. The molecule has 2 aromatic heterocycles. The first kappa shape index (κ1) is 14.0. The molecule has 0 atom stereocenters. The topological polar surface area (TPSA) is 70.7 Å². The smallest absolute Gasteiger partial charge is 0.0929 e. The van der Waals surface area contributed by atoms with Gasteiger partial charge in [0.2, 0.25) is 0 Å². The van der Waals surface area contributed by atoms with Gasteiger partial charge in [-0.15, -0.1) is 0 Å². The zero-order valence-corrected chi connectivity index (χ0v) is 11.0. The van der Waals surface area contributed by atoms with E-state index < -0.39 is 6.10 Å². The number of hydrogen-bond donors (Lipinski definition) is 1. The lowest BCUT2D eigenvalue weighted by atomic mass is 10.3. The van der Waals surface area contributed by atoms with E-state index in [0.29, 0.717) is 13.1 Å². The number of aliphatic hydroxyl groups is 1. The summed E-state index contributed by atoms with van der Waals surface area (Å²) < 4.78 is 0. The van der Waals surface area contributed by atoms with E-state index in [1.54, 1.807) is 24.8 Å². The number of aliphatic imine (C=N–C) groups is 2. The first-order chi connectivity index (χ1) is 9.84. The zero-order chi connectivity index (χ0) is 14.0. The van der Waals surface area contributed by atoms with Gasteiger partial charge in [-0.2, -0.15) is 0 Å². The Hall–Kier alpha value is -2.40. The van der Waals surface area contributed by atoms with Gasteiger partial charge in [0.05, 0.1) is 30.6 Å². The molecule has 0 aliphatic carbocycles. The molecule has 0 saturated heterocycles. The Morgan fingerprint density at radius 3 is 1.80 bits per heavy atom. The van der Waals surface area contributed by atoms with Gasteiger partial charge < -0.3 is 5.11 Å². The third-order valence-electron chi connectivity index (χ3n) is 2.45. The number of pyridine rings is 2. The summed E-state index contributed by atoms with van der Waals surface area (Å²) in [5, 5.41) is 9.74. The van der Waals surface area contributed by atoms with Crippen molar-refractivity contribution < 1.29 is 5.11 Å². The molecule has 0 spiro atoms. The molecule has 0 saturated carbocycles. The molecule has 0 radical (unpaired) electrons. The summed E-state index contributed by atoms with van der Waals surface area (Å²) in [5.74, 6) is 0. The summed E-state index contributed by atoms with van der Waals surface area (Å²) in [7, 11) is 0. The minimum Gasteiger partial charge on any atom is -0.389 e.